The molecule has 0 aliphatic carbocycles. The van der Waals surface area contributed by atoms with Crippen LogP contribution in [0.3, 0.4) is 0 Å². The van der Waals surface area contributed by atoms with E-state index in [-0.39, 0.29) is 5.97 Å². The molecule has 2 nitrogen and oxygen atoms in total. The number of hydrogen-bond donors (Lipinski definition) is 0. The van der Waals surface area contributed by atoms with Gasteiger partial charge in [0.25, 0.3) is 0 Å². The van der Waals surface area contributed by atoms with Crippen molar-refractivity contribution >= 4 is 5.97 Å². The van der Waals surface area contributed by atoms with Crippen LogP contribution in [-0.4, -0.2) is 5.97 Å². The summed E-state index contributed by atoms with van der Waals surface area (Å²) >= 11 is 0. The first kappa shape index (κ1) is 16.0. The Hall–Kier alpha value is -2.35. The molecule has 0 amide bonds. The molecular weight excluding hydrogens is 272 g/mol. The van der Waals surface area contributed by atoms with Gasteiger partial charge in [-0.05, 0) is 37.0 Å². The highest BCUT2D eigenvalue weighted by Gasteiger charge is 2.22. The van der Waals surface area contributed by atoms with Crippen molar-refractivity contribution < 1.29 is 9.53 Å². The molecule has 2 heteroatoms. The third kappa shape index (κ3) is 3.45. The number of aryl methyl sites for hydroxylation is 2. The van der Waals surface area contributed by atoms with Gasteiger partial charge < -0.3 is 4.74 Å². The molecule has 0 fully saturated rings. The lowest BCUT2D eigenvalue weighted by Crippen LogP contribution is -2.15. The largest absolute Gasteiger partial charge is 0.449 e. The average molecular weight is 294 g/mol. The lowest BCUT2D eigenvalue weighted by atomic mass is 9.93. The average Bonchev–Trinajstić information content (AvgIpc) is 2.53. The first-order valence-electron chi connectivity index (χ1n) is 7.54. The Kier molecular flexibility index (Phi) is 5.16. The summed E-state index contributed by atoms with van der Waals surface area (Å²) in [5, 5.41) is 0. The molecule has 0 saturated heterocycles. The first-order chi connectivity index (χ1) is 10.5. The van der Waals surface area contributed by atoms with Crippen molar-refractivity contribution in [3.05, 3.63) is 82.9 Å². The highest BCUT2D eigenvalue weighted by Crippen LogP contribution is 2.31. The number of rotatable bonds is 5. The molecular formula is C20H22O2. The Balaban J connectivity index is 2.53. The molecule has 0 N–H and O–H groups in total. The summed E-state index contributed by atoms with van der Waals surface area (Å²) in [5.74, 6) is -0.362. The van der Waals surface area contributed by atoms with Gasteiger partial charge in [-0.1, -0.05) is 62.0 Å². The minimum atomic E-state index is -0.401. The molecule has 0 aliphatic heterocycles. The number of carbonyl (C=O) groups excluding carboxylic acids is 1. The summed E-state index contributed by atoms with van der Waals surface area (Å²) < 4.78 is 5.77. The van der Waals surface area contributed by atoms with Crippen LogP contribution in [0.2, 0.25) is 0 Å². The maximum Gasteiger partial charge on any atom is 0.334 e. The Morgan fingerprint density at radius 1 is 1.09 bits per heavy atom. The molecule has 0 bridgehead atoms. The zero-order valence-corrected chi connectivity index (χ0v) is 13.4. The number of ether oxygens (including phenoxy) is 1. The smallest absolute Gasteiger partial charge is 0.334 e. The van der Waals surface area contributed by atoms with Gasteiger partial charge in [0.15, 0.2) is 6.10 Å². The quantitative estimate of drug-likeness (QED) is 0.586. The van der Waals surface area contributed by atoms with E-state index in [2.05, 4.69) is 19.6 Å². The van der Waals surface area contributed by atoms with Crippen molar-refractivity contribution in [2.45, 2.75) is 33.3 Å². The summed E-state index contributed by atoms with van der Waals surface area (Å²) in [5.41, 5.74) is 4.75. The van der Waals surface area contributed by atoms with Crippen molar-refractivity contribution in [1.29, 1.82) is 0 Å². The van der Waals surface area contributed by atoms with Gasteiger partial charge in [-0.2, -0.15) is 0 Å². The molecule has 22 heavy (non-hydrogen) atoms. The van der Waals surface area contributed by atoms with Gasteiger partial charge in [0, 0.05) is 11.1 Å². The molecule has 114 valence electrons. The van der Waals surface area contributed by atoms with E-state index in [1.54, 1.807) is 6.92 Å². The molecule has 1 atom stereocenters. The summed E-state index contributed by atoms with van der Waals surface area (Å²) in [6.07, 6.45) is 0.491. The second kappa shape index (κ2) is 7.08. The Morgan fingerprint density at radius 2 is 1.68 bits per heavy atom. The van der Waals surface area contributed by atoms with Crippen LogP contribution in [0, 0.1) is 6.92 Å². The topological polar surface area (TPSA) is 26.3 Å². The maximum atomic E-state index is 12.1. The van der Waals surface area contributed by atoms with E-state index in [0.29, 0.717) is 5.57 Å². The van der Waals surface area contributed by atoms with Gasteiger partial charge in [-0.15, -0.1) is 0 Å². The summed E-state index contributed by atoms with van der Waals surface area (Å²) in [4.78, 5) is 12.1. The van der Waals surface area contributed by atoms with Gasteiger partial charge >= 0.3 is 5.97 Å². The second-order valence-electron chi connectivity index (χ2n) is 5.47. The van der Waals surface area contributed by atoms with Crippen LogP contribution < -0.4 is 0 Å². The van der Waals surface area contributed by atoms with Gasteiger partial charge in [-0.3, -0.25) is 0 Å². The van der Waals surface area contributed by atoms with Crippen molar-refractivity contribution in [1.82, 2.24) is 0 Å². The number of benzene rings is 2. The molecule has 0 radical (unpaired) electrons. The van der Waals surface area contributed by atoms with Crippen molar-refractivity contribution in [2.75, 3.05) is 0 Å². The lowest BCUT2D eigenvalue weighted by molar-refractivity contribution is -0.142. The Bertz CT molecular complexity index is 686. The normalized spacial score (nSPS) is 11.8. The SMILES string of the molecule is C=C(C)C(=O)OC(c1ccccc1C)c1ccccc1CC. The first-order valence-corrected chi connectivity index (χ1v) is 7.54. The molecule has 2 rings (SSSR count). The zero-order chi connectivity index (χ0) is 16.1. The monoisotopic (exact) mass is 294 g/mol. The van der Waals surface area contributed by atoms with Crippen LogP contribution in [0.25, 0.3) is 0 Å². The standard InChI is InChI=1S/C20H22O2/c1-5-16-11-7-9-13-18(16)19(22-20(21)14(2)3)17-12-8-6-10-15(17)4/h6-13,19H,2,5H2,1,3-4H3. The van der Waals surface area contributed by atoms with Crippen LogP contribution >= 0.6 is 0 Å². The fraction of sp³-hybridized carbons (Fsp3) is 0.250. The highest BCUT2D eigenvalue weighted by atomic mass is 16.5. The highest BCUT2D eigenvalue weighted by molar-refractivity contribution is 5.87. The number of carbonyl (C=O) groups is 1. The molecule has 0 heterocycles. The minimum Gasteiger partial charge on any atom is -0.449 e. The van der Waals surface area contributed by atoms with E-state index in [1.165, 1.54) is 5.56 Å². The molecule has 2 aromatic carbocycles. The van der Waals surface area contributed by atoms with E-state index in [1.807, 2.05) is 49.4 Å². The Labute approximate surface area is 132 Å². The third-order valence-corrected chi connectivity index (χ3v) is 3.76. The van der Waals surface area contributed by atoms with Crippen LogP contribution in [0.5, 0.6) is 0 Å². The van der Waals surface area contributed by atoms with Crippen LogP contribution in [0.1, 0.15) is 42.2 Å². The summed E-state index contributed by atoms with van der Waals surface area (Å²) in [7, 11) is 0. The van der Waals surface area contributed by atoms with E-state index in [0.717, 1.165) is 23.1 Å². The lowest BCUT2D eigenvalue weighted by Gasteiger charge is -2.23. The van der Waals surface area contributed by atoms with Crippen LogP contribution in [-0.2, 0) is 16.0 Å². The van der Waals surface area contributed by atoms with E-state index >= 15 is 0 Å². The third-order valence-electron chi connectivity index (χ3n) is 3.76. The van der Waals surface area contributed by atoms with Crippen molar-refractivity contribution in [3.63, 3.8) is 0 Å². The van der Waals surface area contributed by atoms with Gasteiger partial charge in [0.2, 0.25) is 0 Å². The van der Waals surface area contributed by atoms with Gasteiger partial charge in [0.05, 0.1) is 0 Å². The van der Waals surface area contributed by atoms with Crippen molar-refractivity contribution in [3.8, 4) is 0 Å². The predicted molar refractivity (Wildman–Crippen MR) is 89.7 cm³/mol. The number of hydrogen-bond acceptors (Lipinski definition) is 2. The summed E-state index contributed by atoms with van der Waals surface area (Å²) in [6, 6.07) is 16.1. The Morgan fingerprint density at radius 3 is 2.27 bits per heavy atom. The van der Waals surface area contributed by atoms with Gasteiger partial charge in [-0.25, -0.2) is 4.79 Å². The second-order valence-corrected chi connectivity index (χ2v) is 5.47. The maximum absolute atomic E-state index is 12.1. The van der Waals surface area contributed by atoms with E-state index in [9.17, 15) is 4.79 Å². The van der Waals surface area contributed by atoms with Crippen molar-refractivity contribution in [2.24, 2.45) is 0 Å². The van der Waals surface area contributed by atoms with Crippen LogP contribution in [0.15, 0.2) is 60.7 Å². The summed E-state index contributed by atoms with van der Waals surface area (Å²) in [6.45, 7) is 9.49. The van der Waals surface area contributed by atoms with Crippen LogP contribution in [0.4, 0.5) is 0 Å². The minimum absolute atomic E-state index is 0.362. The van der Waals surface area contributed by atoms with E-state index in [4.69, 9.17) is 4.74 Å². The molecule has 0 saturated carbocycles. The molecule has 0 aromatic heterocycles. The predicted octanol–water partition coefficient (Wildman–Crippen LogP) is 4.77. The molecule has 1 unspecified atom stereocenters. The zero-order valence-electron chi connectivity index (χ0n) is 13.4. The molecule has 2 aromatic rings. The number of esters is 1. The molecule has 0 aliphatic rings. The molecule has 0 spiro atoms. The van der Waals surface area contributed by atoms with E-state index < -0.39 is 6.10 Å². The fourth-order valence-corrected chi connectivity index (χ4v) is 2.50. The fourth-order valence-electron chi connectivity index (χ4n) is 2.50. The van der Waals surface area contributed by atoms with Gasteiger partial charge in [0.1, 0.15) is 0 Å².